The molecule has 3 aromatic rings. The molecular weight excluding hydrogens is 410 g/mol. The highest BCUT2D eigenvalue weighted by atomic mass is 32.2. The fourth-order valence-corrected chi connectivity index (χ4v) is 5.68. The molecule has 0 saturated carbocycles. The van der Waals surface area contributed by atoms with Gasteiger partial charge >= 0.3 is 0 Å². The first-order chi connectivity index (χ1) is 14.9. The average molecular weight is 442 g/mol. The molecule has 7 heteroatoms. The predicted octanol–water partition coefficient (Wildman–Crippen LogP) is 4.80. The van der Waals surface area contributed by atoms with E-state index >= 15 is 0 Å². The highest BCUT2D eigenvalue weighted by Gasteiger charge is 2.26. The minimum Gasteiger partial charge on any atom is -0.381 e. The van der Waals surface area contributed by atoms with Crippen molar-refractivity contribution < 1.29 is 13.2 Å². The summed E-state index contributed by atoms with van der Waals surface area (Å²) in [6, 6.07) is 13.3. The van der Waals surface area contributed by atoms with Crippen molar-refractivity contribution in [1.29, 1.82) is 0 Å². The number of benzene rings is 2. The molecular formula is C24H31N3O3S. The number of rotatable bonds is 7. The molecule has 1 aliphatic heterocycles. The zero-order valence-corrected chi connectivity index (χ0v) is 19.3. The van der Waals surface area contributed by atoms with Gasteiger partial charge in [0.15, 0.2) is 0 Å². The average Bonchev–Trinajstić information content (AvgIpc) is 3.21. The van der Waals surface area contributed by atoms with E-state index in [4.69, 9.17) is 4.74 Å². The Hall–Kier alpha value is -2.38. The molecule has 6 nitrogen and oxygen atoms in total. The molecule has 1 aromatic heterocycles. The number of hydrogen-bond donors (Lipinski definition) is 0. The Balaban J connectivity index is 1.69. The first kappa shape index (κ1) is 21.8. The Bertz CT molecular complexity index is 1130. The van der Waals surface area contributed by atoms with Gasteiger partial charge in [0.05, 0.1) is 22.1 Å². The lowest BCUT2D eigenvalue weighted by molar-refractivity contribution is 0.0664. The Labute approximate surface area is 184 Å². The van der Waals surface area contributed by atoms with Crippen molar-refractivity contribution in [2.24, 2.45) is 5.92 Å². The van der Waals surface area contributed by atoms with Gasteiger partial charge in [0.1, 0.15) is 0 Å². The second-order valence-corrected chi connectivity index (χ2v) is 10.5. The van der Waals surface area contributed by atoms with E-state index in [-0.39, 0.29) is 5.92 Å². The summed E-state index contributed by atoms with van der Waals surface area (Å²) in [5.41, 5.74) is 2.70. The van der Waals surface area contributed by atoms with Gasteiger partial charge in [-0.3, -0.25) is 8.99 Å². The van der Waals surface area contributed by atoms with E-state index in [2.05, 4.69) is 12.0 Å². The van der Waals surface area contributed by atoms with Crippen LogP contribution in [0.5, 0.6) is 0 Å². The van der Waals surface area contributed by atoms with Gasteiger partial charge in [0.25, 0.3) is 10.0 Å². The molecule has 166 valence electrons. The molecule has 0 spiro atoms. The van der Waals surface area contributed by atoms with Crippen LogP contribution in [0, 0.1) is 5.92 Å². The Morgan fingerprint density at radius 1 is 1.13 bits per heavy atom. The van der Waals surface area contributed by atoms with E-state index in [9.17, 15) is 8.42 Å². The molecule has 1 saturated heterocycles. The van der Waals surface area contributed by atoms with Gasteiger partial charge in [-0.1, -0.05) is 32.9 Å². The molecule has 0 unspecified atom stereocenters. The fourth-order valence-electron chi connectivity index (χ4n) is 4.02. The van der Waals surface area contributed by atoms with E-state index in [0.717, 1.165) is 43.4 Å². The summed E-state index contributed by atoms with van der Waals surface area (Å²) >= 11 is 0. The maximum Gasteiger partial charge on any atom is 0.264 e. The van der Waals surface area contributed by atoms with Crippen molar-refractivity contribution >= 4 is 26.6 Å². The summed E-state index contributed by atoms with van der Waals surface area (Å²) < 4.78 is 36.3. The van der Waals surface area contributed by atoms with Gasteiger partial charge in [-0.2, -0.15) is 5.10 Å². The summed E-state index contributed by atoms with van der Waals surface area (Å²) in [5.74, 6) is 0.195. The Kier molecular flexibility index (Phi) is 6.34. The minimum atomic E-state index is -3.70. The molecule has 0 aliphatic carbocycles. The third-order valence-electron chi connectivity index (χ3n) is 5.81. The molecule has 0 N–H and O–H groups in total. The Morgan fingerprint density at radius 3 is 2.48 bits per heavy atom. The first-order valence-electron chi connectivity index (χ1n) is 11.1. The maximum atomic E-state index is 13.7. The number of hydrogen-bond acceptors (Lipinski definition) is 4. The van der Waals surface area contributed by atoms with Crippen LogP contribution in [0.1, 0.15) is 45.2 Å². The number of ether oxygens (including phenoxy) is 1. The number of sulfonamides is 1. The number of nitrogens with zero attached hydrogens (tertiary/aromatic N) is 3. The lowest BCUT2D eigenvalue weighted by atomic mass is 10.1. The third kappa shape index (κ3) is 4.62. The smallest absolute Gasteiger partial charge is 0.264 e. The van der Waals surface area contributed by atoms with Crippen LogP contribution in [0.15, 0.2) is 53.6 Å². The topological polar surface area (TPSA) is 64.4 Å². The predicted molar refractivity (Wildman–Crippen MR) is 124 cm³/mol. The van der Waals surface area contributed by atoms with E-state index < -0.39 is 10.0 Å². The normalized spacial score (nSPS) is 15.6. The molecule has 0 atom stereocenters. The van der Waals surface area contributed by atoms with Crippen LogP contribution in [-0.4, -0.2) is 38.0 Å². The van der Waals surface area contributed by atoms with Crippen molar-refractivity contribution in [2.45, 2.75) is 51.0 Å². The van der Waals surface area contributed by atoms with Crippen molar-refractivity contribution in [3.8, 4) is 0 Å². The van der Waals surface area contributed by atoms with Gasteiger partial charge in [0, 0.05) is 31.3 Å². The van der Waals surface area contributed by atoms with Crippen LogP contribution >= 0.6 is 0 Å². The van der Waals surface area contributed by atoms with Gasteiger partial charge in [-0.25, -0.2) is 8.42 Å². The molecule has 2 heterocycles. The van der Waals surface area contributed by atoms with Crippen molar-refractivity contribution in [3.63, 3.8) is 0 Å². The Morgan fingerprint density at radius 2 is 1.84 bits per heavy atom. The number of aromatic nitrogens is 2. The molecule has 0 bridgehead atoms. The molecule has 1 aliphatic rings. The summed E-state index contributed by atoms with van der Waals surface area (Å²) in [4.78, 5) is 0.298. The third-order valence-corrected chi connectivity index (χ3v) is 7.60. The summed E-state index contributed by atoms with van der Waals surface area (Å²) in [6.07, 6.45) is 4.74. The van der Waals surface area contributed by atoms with Crippen molar-refractivity contribution in [2.75, 3.05) is 24.1 Å². The molecule has 2 aromatic carbocycles. The second-order valence-electron chi connectivity index (χ2n) is 8.62. The van der Waals surface area contributed by atoms with Crippen molar-refractivity contribution in [3.05, 3.63) is 54.2 Å². The quantitative estimate of drug-likeness (QED) is 0.528. The number of aryl methyl sites for hydroxylation is 1. The zero-order valence-electron chi connectivity index (χ0n) is 18.5. The monoisotopic (exact) mass is 441 g/mol. The van der Waals surface area contributed by atoms with E-state index in [1.165, 1.54) is 9.87 Å². The van der Waals surface area contributed by atoms with Crippen LogP contribution in [0.3, 0.4) is 0 Å². The van der Waals surface area contributed by atoms with Gasteiger partial charge in [-0.15, -0.1) is 0 Å². The standard InChI is InChI=1S/C24H31N3O3S/c1-4-19-5-7-22(8-6-19)27(16-18(2)3)31(28,29)23-9-10-24-20(15-23)17-26(25-24)21-11-13-30-14-12-21/h5-10,15,17-18,21H,4,11-14,16H2,1-3H3. The molecule has 0 amide bonds. The summed E-state index contributed by atoms with van der Waals surface area (Å²) in [6.45, 7) is 8.05. The lowest BCUT2D eigenvalue weighted by Gasteiger charge is -2.26. The van der Waals surface area contributed by atoms with Gasteiger partial charge < -0.3 is 4.74 Å². The number of anilines is 1. The van der Waals surface area contributed by atoms with Crippen molar-refractivity contribution in [1.82, 2.24) is 9.78 Å². The summed E-state index contributed by atoms with van der Waals surface area (Å²) in [7, 11) is -3.70. The SMILES string of the molecule is CCc1ccc(N(CC(C)C)S(=O)(=O)c2ccc3nn(C4CCOCC4)cc3c2)cc1. The number of fused-ring (bicyclic) bond motifs is 1. The molecule has 0 radical (unpaired) electrons. The van der Waals surface area contributed by atoms with Gasteiger partial charge in [0.2, 0.25) is 0 Å². The lowest BCUT2D eigenvalue weighted by Crippen LogP contribution is -2.34. The van der Waals surface area contributed by atoms with Crippen LogP contribution in [0.2, 0.25) is 0 Å². The fraction of sp³-hybridized carbons (Fsp3) is 0.458. The van der Waals surface area contributed by atoms with E-state index in [1.807, 2.05) is 55.1 Å². The van der Waals surface area contributed by atoms with E-state index in [1.54, 1.807) is 12.1 Å². The highest BCUT2D eigenvalue weighted by Crippen LogP contribution is 2.29. The maximum absolute atomic E-state index is 13.7. The van der Waals surface area contributed by atoms with Gasteiger partial charge in [-0.05, 0) is 61.1 Å². The van der Waals surface area contributed by atoms with Crippen LogP contribution in [0.4, 0.5) is 5.69 Å². The largest absolute Gasteiger partial charge is 0.381 e. The molecule has 4 rings (SSSR count). The summed E-state index contributed by atoms with van der Waals surface area (Å²) in [5, 5.41) is 5.53. The zero-order chi connectivity index (χ0) is 22.0. The highest BCUT2D eigenvalue weighted by molar-refractivity contribution is 7.92. The molecule has 31 heavy (non-hydrogen) atoms. The first-order valence-corrected chi connectivity index (χ1v) is 12.5. The van der Waals surface area contributed by atoms with E-state index in [0.29, 0.717) is 23.2 Å². The second kappa shape index (κ2) is 9.01. The van der Waals surface area contributed by atoms with Crippen LogP contribution in [0.25, 0.3) is 10.9 Å². The molecule has 1 fully saturated rings. The minimum absolute atomic E-state index is 0.195. The van der Waals surface area contributed by atoms with Crippen LogP contribution < -0.4 is 4.31 Å². The van der Waals surface area contributed by atoms with Crippen LogP contribution in [-0.2, 0) is 21.2 Å².